The van der Waals surface area contributed by atoms with Crippen LogP contribution in [0.4, 0.5) is 10.5 Å². The average Bonchev–Trinajstić information content (AvgIpc) is 2.73. The zero-order valence-corrected chi connectivity index (χ0v) is 12.3. The highest BCUT2D eigenvalue weighted by atomic mass is 35.5. The van der Waals surface area contributed by atoms with Crippen molar-refractivity contribution in [3.63, 3.8) is 0 Å². The molecule has 0 spiro atoms. The Hall–Kier alpha value is -1.42. The molecule has 0 radical (unpaired) electrons. The number of halogens is 1. The van der Waals surface area contributed by atoms with Crippen LogP contribution in [0.3, 0.4) is 0 Å². The lowest BCUT2D eigenvalue weighted by Crippen LogP contribution is -2.37. The lowest BCUT2D eigenvalue weighted by Gasteiger charge is -2.27. The van der Waals surface area contributed by atoms with E-state index in [9.17, 15) is 4.79 Å². The number of hydrogen-bond donors (Lipinski definition) is 1. The quantitative estimate of drug-likeness (QED) is 0.929. The number of carbonyl (C=O) groups is 1. The third-order valence-electron chi connectivity index (χ3n) is 4.09. The minimum Gasteiger partial charge on any atom is -0.370 e. The predicted molar refractivity (Wildman–Crippen MR) is 81.6 cm³/mol. The van der Waals surface area contributed by atoms with Crippen molar-refractivity contribution in [2.45, 2.75) is 19.3 Å². The molecule has 108 valence electrons. The topological polar surface area (TPSA) is 35.6 Å². The van der Waals surface area contributed by atoms with Crippen LogP contribution in [-0.4, -0.2) is 43.7 Å². The van der Waals surface area contributed by atoms with Gasteiger partial charge in [0, 0.05) is 43.4 Å². The van der Waals surface area contributed by atoms with E-state index < -0.39 is 0 Å². The molecule has 1 N–H and O–H groups in total. The summed E-state index contributed by atoms with van der Waals surface area (Å²) in [5.41, 5.74) is 2.62. The zero-order chi connectivity index (χ0) is 13.9. The van der Waals surface area contributed by atoms with Gasteiger partial charge in [0.25, 0.3) is 0 Å². The summed E-state index contributed by atoms with van der Waals surface area (Å²) < 4.78 is 0. The molecule has 20 heavy (non-hydrogen) atoms. The van der Waals surface area contributed by atoms with Crippen molar-refractivity contribution < 1.29 is 4.79 Å². The summed E-state index contributed by atoms with van der Waals surface area (Å²) in [6.45, 7) is 4.32. The van der Waals surface area contributed by atoms with E-state index in [0.717, 1.165) is 44.2 Å². The van der Waals surface area contributed by atoms with Crippen molar-refractivity contribution in [1.29, 1.82) is 0 Å². The van der Waals surface area contributed by atoms with Crippen molar-refractivity contribution in [1.82, 2.24) is 10.2 Å². The largest absolute Gasteiger partial charge is 0.370 e. The third-order valence-corrected chi connectivity index (χ3v) is 4.33. The number of rotatable bonds is 3. The van der Waals surface area contributed by atoms with Gasteiger partial charge >= 0.3 is 6.03 Å². The summed E-state index contributed by atoms with van der Waals surface area (Å²) in [5, 5.41) is 3.66. The highest BCUT2D eigenvalue weighted by molar-refractivity contribution is 6.30. The van der Waals surface area contributed by atoms with E-state index >= 15 is 0 Å². The van der Waals surface area contributed by atoms with Crippen LogP contribution in [0.25, 0.3) is 0 Å². The van der Waals surface area contributed by atoms with E-state index in [-0.39, 0.29) is 6.03 Å². The van der Waals surface area contributed by atoms with Gasteiger partial charge in [-0.3, -0.25) is 0 Å². The van der Waals surface area contributed by atoms with Gasteiger partial charge in [-0.1, -0.05) is 11.6 Å². The minimum absolute atomic E-state index is 0.0659. The number of hydrogen-bond acceptors (Lipinski definition) is 2. The van der Waals surface area contributed by atoms with E-state index in [1.165, 1.54) is 24.1 Å². The molecule has 2 aliphatic rings. The summed E-state index contributed by atoms with van der Waals surface area (Å²) >= 11 is 6.10. The molecule has 1 fully saturated rings. The minimum atomic E-state index is 0.0659. The molecule has 1 saturated heterocycles. The molecule has 2 amide bonds. The molecule has 0 bridgehead atoms. The van der Waals surface area contributed by atoms with Crippen molar-refractivity contribution in [2.24, 2.45) is 0 Å². The Labute approximate surface area is 124 Å². The maximum atomic E-state index is 11.6. The molecule has 5 heteroatoms. The molecule has 0 atom stereocenters. The maximum Gasteiger partial charge on any atom is 0.317 e. The van der Waals surface area contributed by atoms with Crippen LogP contribution >= 0.6 is 11.6 Å². The Bertz CT molecular complexity index is 506. The normalized spacial score (nSPS) is 18.8. The van der Waals surface area contributed by atoms with Gasteiger partial charge in [0.15, 0.2) is 0 Å². The molecule has 1 aromatic rings. The number of urea groups is 1. The van der Waals surface area contributed by atoms with Gasteiger partial charge in [0.05, 0.1) is 0 Å². The van der Waals surface area contributed by atoms with Crippen LogP contribution in [0.5, 0.6) is 0 Å². The van der Waals surface area contributed by atoms with Crippen molar-refractivity contribution in [2.75, 3.05) is 37.6 Å². The van der Waals surface area contributed by atoms with Gasteiger partial charge < -0.3 is 15.1 Å². The van der Waals surface area contributed by atoms with Gasteiger partial charge in [-0.05, 0) is 43.0 Å². The van der Waals surface area contributed by atoms with Gasteiger partial charge in [-0.2, -0.15) is 0 Å². The second kappa shape index (κ2) is 5.92. The average molecular weight is 294 g/mol. The summed E-state index contributed by atoms with van der Waals surface area (Å²) in [6, 6.07) is 6.22. The van der Waals surface area contributed by atoms with Crippen molar-refractivity contribution >= 4 is 23.3 Å². The summed E-state index contributed by atoms with van der Waals surface area (Å²) in [6.07, 6.45) is 3.49. The van der Waals surface area contributed by atoms with Gasteiger partial charge in [0.1, 0.15) is 0 Å². The molecule has 2 aliphatic heterocycles. The summed E-state index contributed by atoms with van der Waals surface area (Å²) in [5.74, 6) is 0. The van der Waals surface area contributed by atoms with E-state index in [4.69, 9.17) is 11.6 Å². The zero-order valence-electron chi connectivity index (χ0n) is 11.6. The fraction of sp³-hybridized carbons (Fsp3) is 0.533. The third kappa shape index (κ3) is 2.85. The first-order chi connectivity index (χ1) is 9.74. The molecule has 4 nitrogen and oxygen atoms in total. The molecule has 0 unspecified atom stereocenters. The Morgan fingerprint density at radius 2 is 2.00 bits per heavy atom. The number of fused-ring (bicyclic) bond motifs is 1. The van der Waals surface area contributed by atoms with E-state index in [1.807, 2.05) is 11.0 Å². The smallest absolute Gasteiger partial charge is 0.317 e. The lowest BCUT2D eigenvalue weighted by molar-refractivity contribution is 0.218. The second-order valence-electron chi connectivity index (χ2n) is 5.44. The van der Waals surface area contributed by atoms with Crippen LogP contribution < -0.4 is 10.2 Å². The Morgan fingerprint density at radius 3 is 2.80 bits per heavy atom. The van der Waals surface area contributed by atoms with Crippen LogP contribution in [-0.2, 0) is 6.42 Å². The predicted octanol–water partition coefficient (Wildman–Crippen LogP) is 2.51. The van der Waals surface area contributed by atoms with Gasteiger partial charge in [0.2, 0.25) is 0 Å². The van der Waals surface area contributed by atoms with Gasteiger partial charge in [-0.15, -0.1) is 0 Å². The Balaban J connectivity index is 1.71. The van der Waals surface area contributed by atoms with E-state index in [1.54, 1.807) is 0 Å². The van der Waals surface area contributed by atoms with Crippen molar-refractivity contribution in [3.8, 4) is 0 Å². The molecule has 2 heterocycles. The first-order valence-electron chi connectivity index (χ1n) is 7.30. The summed E-state index contributed by atoms with van der Waals surface area (Å²) in [4.78, 5) is 15.9. The number of carbonyl (C=O) groups excluding carboxylic acids is 1. The SMILES string of the molecule is O=C1NCCN1CCN1CCCCc2cc(Cl)ccc21. The number of aryl methyl sites for hydroxylation is 1. The van der Waals surface area contributed by atoms with Gasteiger partial charge in [-0.25, -0.2) is 4.79 Å². The van der Waals surface area contributed by atoms with Crippen LogP contribution in [0.15, 0.2) is 18.2 Å². The van der Waals surface area contributed by atoms with E-state index in [2.05, 4.69) is 22.3 Å². The standard InChI is InChI=1S/C15H20ClN3O/c16-13-4-5-14-12(11-13)3-1-2-7-18(14)9-10-19-8-6-17-15(19)20/h4-5,11H,1-3,6-10H2,(H,17,20). The number of nitrogens with one attached hydrogen (secondary N) is 1. The second-order valence-corrected chi connectivity index (χ2v) is 5.87. The number of amides is 2. The molecular formula is C15H20ClN3O. The first kappa shape index (κ1) is 13.6. The number of benzene rings is 1. The molecule has 0 saturated carbocycles. The summed E-state index contributed by atoms with van der Waals surface area (Å²) in [7, 11) is 0. The van der Waals surface area contributed by atoms with E-state index in [0.29, 0.717) is 0 Å². The highest BCUT2D eigenvalue weighted by Crippen LogP contribution is 2.28. The monoisotopic (exact) mass is 293 g/mol. The van der Waals surface area contributed by atoms with Crippen LogP contribution in [0.1, 0.15) is 18.4 Å². The Morgan fingerprint density at radius 1 is 1.15 bits per heavy atom. The molecule has 0 aromatic heterocycles. The molecular weight excluding hydrogens is 274 g/mol. The fourth-order valence-electron chi connectivity index (χ4n) is 3.00. The maximum absolute atomic E-state index is 11.6. The number of nitrogens with zero attached hydrogens (tertiary/aromatic N) is 2. The Kier molecular flexibility index (Phi) is 4.01. The first-order valence-corrected chi connectivity index (χ1v) is 7.68. The molecule has 0 aliphatic carbocycles. The molecule has 1 aromatic carbocycles. The molecule has 3 rings (SSSR count). The van der Waals surface area contributed by atoms with Crippen molar-refractivity contribution in [3.05, 3.63) is 28.8 Å². The number of anilines is 1. The fourth-order valence-corrected chi connectivity index (χ4v) is 3.19. The lowest BCUT2D eigenvalue weighted by atomic mass is 10.1. The van der Waals surface area contributed by atoms with Crippen LogP contribution in [0, 0.1) is 0 Å². The highest BCUT2D eigenvalue weighted by Gasteiger charge is 2.21. The van der Waals surface area contributed by atoms with Crippen LogP contribution in [0.2, 0.25) is 5.02 Å².